The highest BCUT2D eigenvalue weighted by Crippen LogP contribution is 2.27. The van der Waals surface area contributed by atoms with Gasteiger partial charge in [0, 0.05) is 0 Å². The minimum Gasteiger partial charge on any atom is -0.389 e. The van der Waals surface area contributed by atoms with Crippen LogP contribution in [-0.4, -0.2) is 15.8 Å². The monoisotopic (exact) mass is 207 g/mol. The molecule has 1 N–H and O–H groups in total. The Hall–Kier alpha value is -1.09. The number of imidazole rings is 1. The van der Waals surface area contributed by atoms with Gasteiger partial charge in [0.2, 0.25) is 6.33 Å². The summed E-state index contributed by atoms with van der Waals surface area (Å²) in [6, 6.07) is 0.268. The van der Waals surface area contributed by atoms with Crippen LogP contribution in [0.4, 0.5) is 0 Å². The molecule has 0 aromatic carbocycles. The average molecular weight is 207 g/mol. The molecule has 2 unspecified atom stereocenters. The van der Waals surface area contributed by atoms with Gasteiger partial charge >= 0.3 is 0 Å². The molecule has 1 aromatic rings. The predicted molar refractivity (Wildman–Crippen MR) is 58.3 cm³/mol. The topological polar surface area (TPSA) is 29.0 Å². The smallest absolute Gasteiger partial charge is 0.244 e. The summed E-state index contributed by atoms with van der Waals surface area (Å²) in [5, 5.41) is 9.91. The molecule has 1 aliphatic rings. The van der Waals surface area contributed by atoms with E-state index >= 15 is 0 Å². The van der Waals surface area contributed by atoms with Crippen molar-refractivity contribution in [3.05, 3.63) is 31.4 Å². The van der Waals surface area contributed by atoms with E-state index in [2.05, 4.69) is 22.0 Å². The van der Waals surface area contributed by atoms with Crippen molar-refractivity contribution < 1.29 is 9.67 Å². The van der Waals surface area contributed by atoms with Crippen LogP contribution < -0.4 is 4.57 Å². The predicted octanol–water partition coefficient (Wildman–Crippen LogP) is 1.44. The van der Waals surface area contributed by atoms with Gasteiger partial charge in [-0.2, -0.15) is 0 Å². The number of hydrogen-bond acceptors (Lipinski definition) is 1. The lowest BCUT2D eigenvalue weighted by Gasteiger charge is -2.24. The van der Waals surface area contributed by atoms with Gasteiger partial charge in [0.15, 0.2) is 0 Å². The molecule has 82 valence electrons. The van der Waals surface area contributed by atoms with Gasteiger partial charge in [0.25, 0.3) is 0 Å². The van der Waals surface area contributed by atoms with Gasteiger partial charge in [-0.15, -0.1) is 0 Å². The van der Waals surface area contributed by atoms with Crippen molar-refractivity contribution in [1.29, 1.82) is 0 Å². The summed E-state index contributed by atoms with van der Waals surface area (Å²) in [4.78, 5) is 0. The van der Waals surface area contributed by atoms with Crippen LogP contribution in [0.5, 0.6) is 0 Å². The SMILES string of the molecule is C=CC[n+]1ccn(C2CCCCC2O)c1. The molecule has 1 aromatic heterocycles. The van der Waals surface area contributed by atoms with Gasteiger partial charge in [-0.05, 0) is 19.3 Å². The number of hydrogen-bond donors (Lipinski definition) is 1. The minimum atomic E-state index is -0.177. The maximum Gasteiger partial charge on any atom is 0.244 e. The maximum atomic E-state index is 9.91. The first-order valence-corrected chi connectivity index (χ1v) is 5.67. The highest BCUT2D eigenvalue weighted by molar-refractivity contribution is 4.83. The lowest BCUT2D eigenvalue weighted by molar-refractivity contribution is -0.686. The van der Waals surface area contributed by atoms with Gasteiger partial charge in [-0.25, -0.2) is 9.13 Å². The molecule has 0 aliphatic heterocycles. The first-order chi connectivity index (χ1) is 7.31. The summed E-state index contributed by atoms with van der Waals surface area (Å²) in [6.07, 6.45) is 12.2. The van der Waals surface area contributed by atoms with Crippen molar-refractivity contribution >= 4 is 0 Å². The van der Waals surface area contributed by atoms with Crippen molar-refractivity contribution in [2.75, 3.05) is 0 Å². The molecule has 1 heterocycles. The van der Waals surface area contributed by atoms with Gasteiger partial charge in [-0.1, -0.05) is 19.1 Å². The van der Waals surface area contributed by atoms with Gasteiger partial charge in [0.1, 0.15) is 25.0 Å². The molecule has 1 fully saturated rings. The number of aromatic nitrogens is 2. The van der Waals surface area contributed by atoms with Gasteiger partial charge in [-0.3, -0.25) is 0 Å². The fraction of sp³-hybridized carbons (Fsp3) is 0.583. The quantitative estimate of drug-likeness (QED) is 0.589. The Labute approximate surface area is 90.7 Å². The van der Waals surface area contributed by atoms with E-state index in [4.69, 9.17) is 0 Å². The molecule has 1 saturated carbocycles. The largest absolute Gasteiger partial charge is 0.389 e. The number of aliphatic hydroxyl groups is 1. The van der Waals surface area contributed by atoms with E-state index in [0.717, 1.165) is 25.8 Å². The summed E-state index contributed by atoms with van der Waals surface area (Å²) in [5.74, 6) is 0. The summed E-state index contributed by atoms with van der Waals surface area (Å²) in [7, 11) is 0. The van der Waals surface area contributed by atoms with E-state index in [1.807, 2.05) is 18.5 Å². The summed E-state index contributed by atoms with van der Waals surface area (Å²) in [5.41, 5.74) is 0. The average Bonchev–Trinajstić information content (AvgIpc) is 2.68. The van der Waals surface area contributed by atoms with E-state index in [-0.39, 0.29) is 12.1 Å². The van der Waals surface area contributed by atoms with Crippen LogP contribution in [0.25, 0.3) is 0 Å². The lowest BCUT2D eigenvalue weighted by atomic mass is 9.92. The molecule has 2 rings (SSSR count). The fourth-order valence-corrected chi connectivity index (χ4v) is 2.30. The zero-order valence-electron chi connectivity index (χ0n) is 9.05. The van der Waals surface area contributed by atoms with Crippen molar-refractivity contribution in [3.8, 4) is 0 Å². The Morgan fingerprint density at radius 1 is 1.47 bits per heavy atom. The van der Waals surface area contributed by atoms with Crippen LogP contribution in [0.2, 0.25) is 0 Å². The minimum absolute atomic E-state index is 0.177. The van der Waals surface area contributed by atoms with E-state index in [0.29, 0.717) is 0 Å². The molecule has 2 atom stereocenters. The van der Waals surface area contributed by atoms with Crippen molar-refractivity contribution in [2.45, 2.75) is 44.4 Å². The Morgan fingerprint density at radius 2 is 2.27 bits per heavy atom. The van der Waals surface area contributed by atoms with Crippen LogP contribution in [0.3, 0.4) is 0 Å². The maximum absolute atomic E-state index is 9.91. The molecule has 3 heteroatoms. The van der Waals surface area contributed by atoms with Crippen molar-refractivity contribution in [2.24, 2.45) is 0 Å². The van der Waals surface area contributed by atoms with E-state index < -0.39 is 0 Å². The first kappa shape index (κ1) is 10.4. The Bertz CT molecular complexity index is 332. The molecule has 0 radical (unpaired) electrons. The second-order valence-corrected chi connectivity index (χ2v) is 4.27. The summed E-state index contributed by atoms with van der Waals surface area (Å²) < 4.78 is 4.21. The molecular formula is C12H19N2O+. The second-order valence-electron chi connectivity index (χ2n) is 4.27. The third-order valence-corrected chi connectivity index (χ3v) is 3.13. The van der Waals surface area contributed by atoms with Crippen LogP contribution in [0, 0.1) is 0 Å². The molecule has 3 nitrogen and oxygen atoms in total. The molecule has 0 spiro atoms. The van der Waals surface area contributed by atoms with Crippen LogP contribution >= 0.6 is 0 Å². The first-order valence-electron chi connectivity index (χ1n) is 5.67. The Kier molecular flexibility index (Phi) is 3.21. The molecular weight excluding hydrogens is 188 g/mol. The number of nitrogens with zero attached hydrogens (tertiary/aromatic N) is 2. The van der Waals surface area contributed by atoms with Crippen LogP contribution in [0.1, 0.15) is 31.7 Å². The molecule has 15 heavy (non-hydrogen) atoms. The molecule has 1 aliphatic carbocycles. The highest BCUT2D eigenvalue weighted by atomic mass is 16.3. The Morgan fingerprint density at radius 3 is 3.00 bits per heavy atom. The van der Waals surface area contributed by atoms with Gasteiger partial charge < -0.3 is 5.11 Å². The zero-order chi connectivity index (χ0) is 10.7. The molecule has 0 amide bonds. The Balaban J connectivity index is 2.09. The van der Waals surface area contributed by atoms with Crippen LogP contribution in [-0.2, 0) is 6.54 Å². The zero-order valence-corrected chi connectivity index (χ0v) is 9.05. The fourth-order valence-electron chi connectivity index (χ4n) is 2.30. The number of allylic oxidation sites excluding steroid dienone is 1. The molecule has 0 saturated heterocycles. The van der Waals surface area contributed by atoms with E-state index in [9.17, 15) is 5.11 Å². The summed E-state index contributed by atoms with van der Waals surface area (Å²) in [6.45, 7) is 4.54. The number of rotatable bonds is 3. The summed E-state index contributed by atoms with van der Waals surface area (Å²) >= 11 is 0. The third-order valence-electron chi connectivity index (χ3n) is 3.13. The standard InChI is InChI=1S/C12H19N2O/c1-2-7-13-8-9-14(10-13)11-5-3-4-6-12(11)15/h2,8-12,15H,1,3-7H2/q+1. The van der Waals surface area contributed by atoms with Crippen molar-refractivity contribution in [3.63, 3.8) is 0 Å². The van der Waals surface area contributed by atoms with E-state index in [1.165, 1.54) is 6.42 Å². The number of aliphatic hydroxyl groups excluding tert-OH is 1. The lowest BCUT2D eigenvalue weighted by Crippen LogP contribution is -2.32. The second kappa shape index (κ2) is 4.62. The highest BCUT2D eigenvalue weighted by Gasteiger charge is 2.28. The van der Waals surface area contributed by atoms with Crippen molar-refractivity contribution in [1.82, 2.24) is 4.57 Å². The molecule has 0 bridgehead atoms. The van der Waals surface area contributed by atoms with Crippen LogP contribution in [0.15, 0.2) is 31.4 Å². The third kappa shape index (κ3) is 2.29. The normalized spacial score (nSPS) is 26.5. The van der Waals surface area contributed by atoms with E-state index in [1.54, 1.807) is 0 Å². The van der Waals surface area contributed by atoms with Gasteiger partial charge in [0.05, 0.1) is 6.10 Å².